The third-order valence-electron chi connectivity index (χ3n) is 10.6. The Balaban J connectivity index is 1.32. The van der Waals surface area contributed by atoms with Gasteiger partial charge in [0.1, 0.15) is 0 Å². The van der Waals surface area contributed by atoms with Gasteiger partial charge in [-0.05, 0) is 89.4 Å². The van der Waals surface area contributed by atoms with Gasteiger partial charge in [-0.3, -0.25) is 4.98 Å². The van der Waals surface area contributed by atoms with Crippen LogP contribution in [0.25, 0.3) is 131 Å². The molecule has 0 spiro atoms. The molecule has 0 fully saturated rings. The van der Waals surface area contributed by atoms with Crippen LogP contribution in [0.5, 0.6) is 0 Å². The molecule has 0 aliphatic heterocycles. The van der Waals surface area contributed by atoms with Crippen LogP contribution < -0.4 is 0 Å². The van der Waals surface area contributed by atoms with E-state index < -0.39 is 373 Å². The Kier molecular flexibility index (Phi) is 3.83. The lowest BCUT2D eigenvalue weighted by atomic mass is 9.85. The van der Waals surface area contributed by atoms with Crippen LogP contribution >= 0.6 is 11.3 Å². The minimum Gasteiger partial charge on any atom is -0.254 e. The molecule has 0 saturated carbocycles. The van der Waals surface area contributed by atoms with Gasteiger partial charge in [-0.15, -0.1) is 11.3 Å². The summed E-state index contributed by atoms with van der Waals surface area (Å²) in [6, 6.07) is -43.7. The molecule has 312 valence electrons. The Bertz CT molecular complexity index is 6280. The number of hydrogen-bond acceptors (Lipinski definition) is 3. The molecule has 13 aromatic rings. The molecule has 3 heterocycles. The summed E-state index contributed by atoms with van der Waals surface area (Å²) < 4.78 is 372. The number of benzene rings is 10. The Labute approximate surface area is 449 Å². The molecule has 3 heteroatoms. The maximum absolute atomic E-state index is 10.6. The zero-order chi connectivity index (χ0) is 79.1. The van der Waals surface area contributed by atoms with E-state index in [9.17, 15) is 30.2 Å². The van der Waals surface area contributed by atoms with Gasteiger partial charge in [0.05, 0.1) is 71.6 Å². The highest BCUT2D eigenvalue weighted by Gasteiger charge is 2.27. The molecule has 0 atom stereocenters. The van der Waals surface area contributed by atoms with Gasteiger partial charge in [0.2, 0.25) is 0 Å². The number of rotatable bonds is 7. The van der Waals surface area contributed by atoms with E-state index in [4.69, 9.17) is 24.7 Å². The lowest BCUT2D eigenvalue weighted by Crippen LogP contribution is -1.92. The van der Waals surface area contributed by atoms with Gasteiger partial charge in [0, 0.05) is 49.0 Å². The first-order chi connectivity index (χ1) is 49.9. The van der Waals surface area contributed by atoms with Crippen molar-refractivity contribution in [2.24, 2.45) is 0 Å². The molecule has 3 aromatic heterocycles. The van der Waals surface area contributed by atoms with E-state index in [1.807, 2.05) is 0 Å². The first-order valence-corrected chi connectivity index (χ1v) is 20.4. The molecule has 13 rings (SSSR count). The van der Waals surface area contributed by atoms with Crippen LogP contribution in [0, 0.1) is 0 Å². The van der Waals surface area contributed by atoms with Gasteiger partial charge in [-0.2, -0.15) is 0 Å². The van der Waals surface area contributed by atoms with Crippen LogP contribution in [-0.2, 0) is 0 Å². The fourth-order valence-electron chi connectivity index (χ4n) is 7.81. The van der Waals surface area contributed by atoms with Gasteiger partial charge in [-0.1, -0.05) is 218 Å². The Hall–Kier alpha value is -8.50. The predicted molar refractivity (Wildman–Crippen MR) is 285 cm³/mol. The quantitative estimate of drug-likeness (QED) is 0.118. The summed E-state index contributed by atoms with van der Waals surface area (Å²) in [4.78, 5) is 6.77. The predicted octanol–water partition coefficient (Wildman–Crippen LogP) is 18.0. The van der Waals surface area contributed by atoms with Gasteiger partial charge in [0.15, 0.2) is 0 Å². The second kappa shape index (κ2) is 16.2. The molecule has 0 radical (unpaired) electrons. The number of thiophene rings is 1. The first-order valence-electron chi connectivity index (χ1n) is 39.6. The summed E-state index contributed by atoms with van der Waals surface area (Å²) in [6.07, 6.45) is -0.856. The van der Waals surface area contributed by atoms with Gasteiger partial charge < -0.3 is 0 Å². The second-order valence-corrected chi connectivity index (χ2v) is 15.2. The maximum Gasteiger partial charge on any atom is 0.0972 e. The zero-order valence-electron chi connectivity index (χ0n) is 73.3. The third-order valence-corrected chi connectivity index (χ3v) is 11.8. The van der Waals surface area contributed by atoms with Crippen molar-refractivity contribution in [3.05, 3.63) is 242 Å². The van der Waals surface area contributed by atoms with Gasteiger partial charge in [-0.25, -0.2) is 4.98 Å². The van der Waals surface area contributed by atoms with E-state index in [1.165, 1.54) is 0 Å². The van der Waals surface area contributed by atoms with E-state index in [-0.39, 0.29) is 11.3 Å². The van der Waals surface area contributed by atoms with Crippen LogP contribution in [0.4, 0.5) is 0 Å². The van der Waals surface area contributed by atoms with Crippen LogP contribution in [-0.4, -0.2) is 9.97 Å². The SMILES string of the molecule is [2H]c1nc2c(c([2H])c1[2H])c([2H])c([2H])c1c([2H])c([2H])c(-c3c([2H])c([2H])c(-c4c([2H])c([2H])c([2H])c(-c5c(-c6c([2H])c([2H])c([2H])c([2H])c6[2H])sc(-c6c7c([2H])c([2H])c([2H])c([2H])c7c(-c7c([2H])c([2H])c([2H])c([2H])c7[2H])c7c([2H])c([2H])c([2H])c([2H])c67)c5-c5c([2H])c([2H])c([2H])c([2H])c5[2H])c4[2H])c4c([2H])c([2H])c([2H])c([2H])c34)nc12. The molecule has 10 aromatic carbocycles. The zero-order valence-corrected chi connectivity index (χ0v) is 34.1. The Morgan fingerprint density at radius 1 is 0.313 bits per heavy atom. The normalized spacial score (nSPS) is 19.9. The number of hydrogen-bond donors (Lipinski definition) is 0. The molecule has 2 nitrogen and oxygen atoms in total. The van der Waals surface area contributed by atoms with E-state index in [0.717, 1.165) is 0 Å². The molecular weight excluding hydrogens is 829 g/mol. The van der Waals surface area contributed by atoms with Crippen molar-refractivity contribution in [3.63, 3.8) is 0 Å². The molecular formula is C64H40N2S. The molecule has 0 aliphatic carbocycles. The van der Waals surface area contributed by atoms with E-state index in [1.54, 1.807) is 0 Å². The van der Waals surface area contributed by atoms with E-state index >= 15 is 0 Å². The fourth-order valence-corrected chi connectivity index (χ4v) is 9.13. The summed E-state index contributed by atoms with van der Waals surface area (Å²) in [5.41, 5.74) is -13.1. The van der Waals surface area contributed by atoms with Crippen LogP contribution in [0.2, 0.25) is 0 Å². The van der Waals surface area contributed by atoms with Crippen molar-refractivity contribution < 1.29 is 54.8 Å². The lowest BCUT2D eigenvalue weighted by molar-refractivity contribution is 1.37. The smallest absolute Gasteiger partial charge is 0.0972 e. The number of nitrogens with zero attached hydrogens (tertiary/aromatic N) is 2. The highest BCUT2D eigenvalue weighted by Crippen LogP contribution is 2.56. The van der Waals surface area contributed by atoms with E-state index in [0.29, 0.717) is 0 Å². The molecule has 0 aliphatic rings. The molecule has 0 bridgehead atoms. The largest absolute Gasteiger partial charge is 0.254 e. The lowest BCUT2D eigenvalue weighted by Gasteiger charge is -2.18. The van der Waals surface area contributed by atoms with E-state index in [2.05, 4.69) is 9.97 Å². The number of aromatic nitrogens is 2. The minimum absolute atomic E-state index is 0.106. The summed E-state index contributed by atoms with van der Waals surface area (Å²) >= 11 is 0.106. The summed E-state index contributed by atoms with van der Waals surface area (Å²) in [5, 5.41) is -6.58. The first kappa shape index (κ1) is 15.8. The summed E-state index contributed by atoms with van der Waals surface area (Å²) in [7, 11) is 0. The average Bonchev–Trinajstić information content (AvgIpc) is 1.68. The summed E-state index contributed by atoms with van der Waals surface area (Å²) in [6.45, 7) is 0. The average molecular weight is 909 g/mol. The summed E-state index contributed by atoms with van der Waals surface area (Å²) in [5.74, 6) is 0. The fraction of sp³-hybridized carbons (Fsp3) is 0. The van der Waals surface area contributed by atoms with Crippen molar-refractivity contribution in [1.82, 2.24) is 9.97 Å². The molecule has 0 unspecified atom stereocenters. The highest BCUT2D eigenvalue weighted by molar-refractivity contribution is 7.20. The van der Waals surface area contributed by atoms with Crippen molar-refractivity contribution in [2.45, 2.75) is 0 Å². The Morgan fingerprint density at radius 2 is 0.791 bits per heavy atom. The number of pyridine rings is 2. The van der Waals surface area contributed by atoms with Crippen LogP contribution in [0.15, 0.2) is 242 Å². The minimum atomic E-state index is -1.37. The van der Waals surface area contributed by atoms with Crippen molar-refractivity contribution in [3.8, 4) is 76.6 Å². The standard InChI is InChI=1S/C64H40N2S/c1-4-18-41(19-5-1)57-52-29-12-14-31-54(52)60(55-32-15-13-30-53(55)57)64-58(42-20-6-2-7-21-42)59(63(67-64)45-22-8-3-9-23-45)47-25-16-24-46(40-47)48-36-37-51(50-28-11-10-27-49(48)50)56-38-35-44-34-33-43-26-17-39-65-61(43)62(44)66-56/h1-40H/i1D,2D,3D,4D,5D,6D,7D,8D,9D,10D,11D,12D,13D,14D,15D,16D,17D,18D,19D,20D,21D,22D,23D,24D,25D,26D,27D,28D,29D,30D,31D,32D,33D,34D,35D,36D,37D,38D,39D,40D. The number of fused-ring (bicyclic) bond motifs is 6. The maximum atomic E-state index is 10.6. The Morgan fingerprint density at radius 3 is 1.45 bits per heavy atom. The molecule has 67 heavy (non-hydrogen) atoms. The van der Waals surface area contributed by atoms with Crippen molar-refractivity contribution >= 4 is 65.5 Å². The third kappa shape index (κ3) is 6.55. The topological polar surface area (TPSA) is 25.8 Å². The molecule has 0 saturated heterocycles. The van der Waals surface area contributed by atoms with Crippen molar-refractivity contribution in [2.75, 3.05) is 0 Å². The van der Waals surface area contributed by atoms with Gasteiger partial charge >= 0.3 is 0 Å². The van der Waals surface area contributed by atoms with Crippen LogP contribution in [0.3, 0.4) is 0 Å². The molecule has 0 amide bonds. The monoisotopic (exact) mass is 909 g/mol. The second-order valence-electron chi connectivity index (χ2n) is 14.1. The highest BCUT2D eigenvalue weighted by atomic mass is 32.1. The van der Waals surface area contributed by atoms with Gasteiger partial charge in [0.25, 0.3) is 0 Å². The van der Waals surface area contributed by atoms with Crippen molar-refractivity contribution in [1.29, 1.82) is 0 Å². The van der Waals surface area contributed by atoms with Crippen LogP contribution in [0.1, 0.15) is 54.8 Å². The molecule has 0 N–H and O–H groups in total.